The second-order valence-electron chi connectivity index (χ2n) is 5.93. The van der Waals surface area contributed by atoms with Crippen molar-refractivity contribution >= 4 is 11.9 Å². The molecular weight excluding hydrogens is 262 g/mol. The molecule has 1 saturated heterocycles. The second kappa shape index (κ2) is 7.04. The predicted octanol–water partition coefficient (Wildman–Crippen LogP) is 1.62. The van der Waals surface area contributed by atoms with Crippen LogP contribution in [0.4, 0.5) is 4.79 Å². The van der Waals surface area contributed by atoms with E-state index in [1.165, 1.54) is 14.2 Å². The van der Waals surface area contributed by atoms with Gasteiger partial charge in [0, 0.05) is 27.2 Å². The summed E-state index contributed by atoms with van der Waals surface area (Å²) >= 11 is 0. The first kappa shape index (κ1) is 16.9. The highest BCUT2D eigenvalue weighted by Crippen LogP contribution is 2.17. The Morgan fingerprint density at radius 2 is 1.90 bits per heavy atom. The van der Waals surface area contributed by atoms with Crippen molar-refractivity contribution in [3.63, 3.8) is 0 Å². The van der Waals surface area contributed by atoms with E-state index in [2.05, 4.69) is 0 Å². The number of hydrogen-bond donors (Lipinski definition) is 0. The lowest BCUT2D eigenvalue weighted by molar-refractivity contribution is -0.140. The minimum Gasteiger partial charge on any atom is -0.444 e. The van der Waals surface area contributed by atoms with Gasteiger partial charge in [-0.3, -0.25) is 4.79 Å². The number of methoxy groups -OCH3 is 2. The maximum atomic E-state index is 12.1. The van der Waals surface area contributed by atoms with E-state index in [4.69, 9.17) is 14.2 Å². The summed E-state index contributed by atoms with van der Waals surface area (Å²) < 4.78 is 15.9. The van der Waals surface area contributed by atoms with E-state index < -0.39 is 17.8 Å². The van der Waals surface area contributed by atoms with Crippen LogP contribution in [0.2, 0.25) is 0 Å². The minimum atomic E-state index is -0.634. The summed E-state index contributed by atoms with van der Waals surface area (Å²) in [5.74, 6) is 0.0168. The number of ether oxygens (including phenoxy) is 3. The first-order valence-electron chi connectivity index (χ1n) is 6.84. The van der Waals surface area contributed by atoms with Crippen LogP contribution in [-0.4, -0.2) is 61.9 Å². The largest absolute Gasteiger partial charge is 0.444 e. The third kappa shape index (κ3) is 4.76. The van der Waals surface area contributed by atoms with Crippen LogP contribution >= 0.6 is 0 Å². The standard InChI is InChI=1S/C14H25NO5/c1-14(2,3)20-13(17)15-8-6-7-10(16)12(19-5)11(9-15)18-4/h11-12H,6-9H2,1-5H3/t11-,12-/m0/s1. The number of rotatable bonds is 2. The summed E-state index contributed by atoms with van der Waals surface area (Å²) in [5, 5.41) is 0. The molecule has 6 heteroatoms. The average molecular weight is 287 g/mol. The van der Waals surface area contributed by atoms with E-state index in [0.717, 1.165) is 0 Å². The number of carbonyl (C=O) groups is 2. The molecule has 2 atom stereocenters. The molecule has 116 valence electrons. The van der Waals surface area contributed by atoms with Crippen molar-refractivity contribution in [2.45, 2.75) is 51.4 Å². The lowest BCUT2D eigenvalue weighted by Gasteiger charge is -2.33. The molecule has 0 saturated carbocycles. The Morgan fingerprint density at radius 3 is 2.40 bits per heavy atom. The molecule has 1 aliphatic rings. The molecule has 1 fully saturated rings. The van der Waals surface area contributed by atoms with Gasteiger partial charge in [-0.2, -0.15) is 0 Å². The van der Waals surface area contributed by atoms with Gasteiger partial charge < -0.3 is 19.1 Å². The van der Waals surface area contributed by atoms with Crippen LogP contribution in [0.15, 0.2) is 0 Å². The van der Waals surface area contributed by atoms with Gasteiger partial charge in [0.05, 0.1) is 6.54 Å². The van der Waals surface area contributed by atoms with Crippen LogP contribution < -0.4 is 0 Å². The van der Waals surface area contributed by atoms with E-state index in [0.29, 0.717) is 19.4 Å². The molecule has 0 aromatic carbocycles. The number of carbonyl (C=O) groups excluding carboxylic acids is 2. The van der Waals surface area contributed by atoms with Crippen LogP contribution in [0.1, 0.15) is 33.6 Å². The topological polar surface area (TPSA) is 65.1 Å². The number of hydrogen-bond acceptors (Lipinski definition) is 5. The predicted molar refractivity (Wildman–Crippen MR) is 73.6 cm³/mol. The molecule has 1 aliphatic heterocycles. The molecule has 20 heavy (non-hydrogen) atoms. The second-order valence-corrected chi connectivity index (χ2v) is 5.93. The zero-order valence-corrected chi connectivity index (χ0v) is 13.0. The summed E-state index contributed by atoms with van der Waals surface area (Å²) in [4.78, 5) is 25.7. The monoisotopic (exact) mass is 287 g/mol. The Labute approximate surface area is 120 Å². The first-order chi connectivity index (χ1) is 9.28. The summed E-state index contributed by atoms with van der Waals surface area (Å²) in [7, 11) is 2.99. The van der Waals surface area contributed by atoms with E-state index in [1.807, 2.05) is 20.8 Å². The van der Waals surface area contributed by atoms with Gasteiger partial charge in [0.25, 0.3) is 0 Å². The van der Waals surface area contributed by atoms with Crippen molar-refractivity contribution < 1.29 is 23.8 Å². The van der Waals surface area contributed by atoms with Crippen LogP contribution in [0, 0.1) is 0 Å². The van der Waals surface area contributed by atoms with Gasteiger partial charge in [-0.05, 0) is 27.2 Å². The first-order valence-corrected chi connectivity index (χ1v) is 6.84. The van der Waals surface area contributed by atoms with Crippen molar-refractivity contribution in [1.82, 2.24) is 4.90 Å². The van der Waals surface area contributed by atoms with Crippen molar-refractivity contribution in [1.29, 1.82) is 0 Å². The van der Waals surface area contributed by atoms with Crippen molar-refractivity contribution in [2.24, 2.45) is 0 Å². The number of likely N-dealkylation sites (tertiary alicyclic amines) is 1. The van der Waals surface area contributed by atoms with Gasteiger partial charge in [0.2, 0.25) is 0 Å². The van der Waals surface area contributed by atoms with Gasteiger partial charge in [0.1, 0.15) is 17.8 Å². The van der Waals surface area contributed by atoms with E-state index in [1.54, 1.807) is 4.90 Å². The fraction of sp³-hybridized carbons (Fsp3) is 0.857. The smallest absolute Gasteiger partial charge is 0.410 e. The van der Waals surface area contributed by atoms with Crippen molar-refractivity contribution in [3.05, 3.63) is 0 Å². The van der Waals surface area contributed by atoms with Crippen molar-refractivity contribution in [3.8, 4) is 0 Å². The summed E-state index contributed by atoms with van der Waals surface area (Å²) in [6.07, 6.45) is -0.513. The summed E-state index contributed by atoms with van der Waals surface area (Å²) in [6.45, 7) is 6.24. The molecule has 0 aromatic rings. The molecule has 0 radical (unpaired) electrons. The minimum absolute atomic E-state index is 0.0168. The highest BCUT2D eigenvalue weighted by Gasteiger charge is 2.34. The summed E-state index contributed by atoms with van der Waals surface area (Å²) in [5.41, 5.74) is -0.543. The van der Waals surface area contributed by atoms with Gasteiger partial charge >= 0.3 is 6.09 Å². The number of ketones is 1. The Bertz CT molecular complexity index is 350. The molecular formula is C14H25NO5. The Hall–Kier alpha value is -1.14. The number of amides is 1. The highest BCUT2D eigenvalue weighted by atomic mass is 16.6. The molecule has 0 aromatic heterocycles. The molecule has 1 rings (SSSR count). The molecule has 0 N–H and O–H groups in total. The fourth-order valence-corrected chi connectivity index (χ4v) is 2.17. The lowest BCUT2D eigenvalue weighted by Crippen LogP contribution is -2.50. The molecule has 0 spiro atoms. The molecule has 0 aliphatic carbocycles. The van der Waals surface area contributed by atoms with Crippen molar-refractivity contribution in [2.75, 3.05) is 27.3 Å². The van der Waals surface area contributed by atoms with Gasteiger partial charge in [-0.25, -0.2) is 4.79 Å². The molecule has 6 nitrogen and oxygen atoms in total. The Balaban J connectivity index is 2.78. The quantitative estimate of drug-likeness (QED) is 0.772. The third-order valence-corrected chi connectivity index (χ3v) is 3.11. The summed E-state index contributed by atoms with van der Waals surface area (Å²) in [6, 6.07) is 0. The SMILES string of the molecule is CO[C@H]1CN(C(=O)OC(C)(C)C)CCCC(=O)[C@@H]1OC. The molecule has 0 bridgehead atoms. The Kier molecular flexibility index (Phi) is 5.95. The third-order valence-electron chi connectivity index (χ3n) is 3.11. The van der Waals surface area contributed by atoms with E-state index >= 15 is 0 Å². The fourth-order valence-electron chi connectivity index (χ4n) is 2.17. The lowest BCUT2D eigenvalue weighted by atomic mass is 10.0. The average Bonchev–Trinajstić information content (AvgIpc) is 2.31. The van der Waals surface area contributed by atoms with Gasteiger partial charge in [-0.15, -0.1) is 0 Å². The van der Waals surface area contributed by atoms with Gasteiger partial charge in [-0.1, -0.05) is 0 Å². The number of nitrogens with zero attached hydrogens (tertiary/aromatic N) is 1. The Morgan fingerprint density at radius 1 is 1.25 bits per heavy atom. The van der Waals surface area contributed by atoms with E-state index in [9.17, 15) is 9.59 Å². The zero-order valence-electron chi connectivity index (χ0n) is 13.0. The maximum Gasteiger partial charge on any atom is 0.410 e. The molecule has 0 unspecified atom stereocenters. The van der Waals surface area contributed by atoms with Crippen LogP contribution in [-0.2, 0) is 19.0 Å². The van der Waals surface area contributed by atoms with Crippen LogP contribution in [0.5, 0.6) is 0 Å². The van der Waals surface area contributed by atoms with Crippen LogP contribution in [0.3, 0.4) is 0 Å². The van der Waals surface area contributed by atoms with E-state index in [-0.39, 0.29) is 18.4 Å². The molecule has 1 amide bonds. The van der Waals surface area contributed by atoms with Crippen LogP contribution in [0.25, 0.3) is 0 Å². The normalized spacial score (nSPS) is 25.1. The van der Waals surface area contributed by atoms with Gasteiger partial charge in [0.15, 0.2) is 5.78 Å². The number of Topliss-reactive ketones (excluding diaryl/α,β-unsaturated/α-hetero) is 1. The highest BCUT2D eigenvalue weighted by molar-refractivity contribution is 5.84. The zero-order chi connectivity index (χ0) is 15.3. The maximum absolute atomic E-state index is 12.1. The molecule has 1 heterocycles.